The van der Waals surface area contributed by atoms with Crippen LogP contribution in [0.25, 0.3) is 0 Å². The molecule has 0 saturated carbocycles. The SMILES string of the molecule is COc1cc(CN2CCN(CC(=O)N3CCCc4ccccc43)CC2)ccn1. The van der Waals surface area contributed by atoms with Crippen LogP contribution in [0.15, 0.2) is 42.6 Å². The Morgan fingerprint density at radius 2 is 1.86 bits per heavy atom. The van der Waals surface area contributed by atoms with Crippen molar-refractivity contribution in [2.24, 2.45) is 0 Å². The second kappa shape index (κ2) is 8.71. The van der Waals surface area contributed by atoms with Gasteiger partial charge in [-0.1, -0.05) is 18.2 Å². The average Bonchev–Trinajstić information content (AvgIpc) is 2.75. The molecule has 1 saturated heterocycles. The molecule has 0 N–H and O–H groups in total. The van der Waals surface area contributed by atoms with Gasteiger partial charge in [-0.2, -0.15) is 0 Å². The minimum atomic E-state index is 0.222. The lowest BCUT2D eigenvalue weighted by atomic mass is 10.0. The summed E-state index contributed by atoms with van der Waals surface area (Å²) in [6.07, 6.45) is 3.91. The minimum absolute atomic E-state index is 0.222. The number of aromatic nitrogens is 1. The molecule has 2 aliphatic rings. The fourth-order valence-electron chi connectivity index (χ4n) is 4.09. The number of hydrogen-bond donors (Lipinski definition) is 0. The van der Waals surface area contributed by atoms with Crippen LogP contribution >= 0.6 is 0 Å². The van der Waals surface area contributed by atoms with Crippen LogP contribution in [0.3, 0.4) is 0 Å². The van der Waals surface area contributed by atoms with Crippen LogP contribution in [0.4, 0.5) is 5.69 Å². The van der Waals surface area contributed by atoms with Gasteiger partial charge < -0.3 is 9.64 Å². The summed E-state index contributed by atoms with van der Waals surface area (Å²) in [5, 5.41) is 0. The zero-order valence-electron chi connectivity index (χ0n) is 16.5. The van der Waals surface area contributed by atoms with Gasteiger partial charge in [0.15, 0.2) is 0 Å². The quantitative estimate of drug-likeness (QED) is 0.796. The molecule has 6 nitrogen and oxygen atoms in total. The predicted octanol–water partition coefficient (Wildman–Crippen LogP) is 2.19. The summed E-state index contributed by atoms with van der Waals surface area (Å²) in [6.45, 7) is 6.00. The fraction of sp³-hybridized carbons (Fsp3) is 0.455. The molecule has 0 bridgehead atoms. The maximum absolute atomic E-state index is 12.9. The number of amides is 1. The van der Waals surface area contributed by atoms with Gasteiger partial charge in [-0.25, -0.2) is 4.98 Å². The van der Waals surface area contributed by atoms with Crippen molar-refractivity contribution in [1.82, 2.24) is 14.8 Å². The van der Waals surface area contributed by atoms with Gasteiger partial charge in [-0.3, -0.25) is 14.6 Å². The van der Waals surface area contributed by atoms with Crippen LogP contribution in [-0.4, -0.2) is 67.1 Å². The monoisotopic (exact) mass is 380 g/mol. The van der Waals surface area contributed by atoms with Crippen molar-refractivity contribution < 1.29 is 9.53 Å². The van der Waals surface area contributed by atoms with E-state index in [0.29, 0.717) is 12.4 Å². The zero-order chi connectivity index (χ0) is 19.3. The first-order valence-corrected chi connectivity index (χ1v) is 10.0. The lowest BCUT2D eigenvalue weighted by Gasteiger charge is -2.36. The molecule has 28 heavy (non-hydrogen) atoms. The normalized spacial score (nSPS) is 18.0. The fourth-order valence-corrected chi connectivity index (χ4v) is 4.09. The Bertz CT molecular complexity index is 818. The van der Waals surface area contributed by atoms with Crippen molar-refractivity contribution in [3.05, 3.63) is 53.7 Å². The third-order valence-electron chi connectivity index (χ3n) is 5.65. The highest BCUT2D eigenvalue weighted by Crippen LogP contribution is 2.26. The summed E-state index contributed by atoms with van der Waals surface area (Å²) in [5.74, 6) is 0.878. The standard InChI is InChI=1S/C22H28N4O2/c1-28-21-15-18(8-9-23-21)16-24-11-13-25(14-12-24)17-22(27)26-10-4-6-19-5-2-3-7-20(19)26/h2-3,5,7-9,15H,4,6,10-14,16-17H2,1H3. The van der Waals surface area contributed by atoms with E-state index in [9.17, 15) is 4.79 Å². The Hall–Kier alpha value is -2.44. The number of para-hydroxylation sites is 1. The minimum Gasteiger partial charge on any atom is -0.481 e. The second-order valence-corrected chi connectivity index (χ2v) is 7.54. The van der Waals surface area contributed by atoms with Gasteiger partial charge in [-0.15, -0.1) is 0 Å². The van der Waals surface area contributed by atoms with E-state index in [2.05, 4.69) is 33.0 Å². The summed E-state index contributed by atoms with van der Waals surface area (Å²) in [4.78, 5) is 23.8. The number of hydrogen-bond acceptors (Lipinski definition) is 5. The summed E-state index contributed by atoms with van der Waals surface area (Å²) in [5.41, 5.74) is 3.60. The number of rotatable bonds is 5. The zero-order valence-corrected chi connectivity index (χ0v) is 16.5. The molecular formula is C22H28N4O2. The van der Waals surface area contributed by atoms with E-state index in [-0.39, 0.29) is 5.91 Å². The maximum Gasteiger partial charge on any atom is 0.241 e. The predicted molar refractivity (Wildman–Crippen MR) is 110 cm³/mol. The molecular weight excluding hydrogens is 352 g/mol. The second-order valence-electron chi connectivity index (χ2n) is 7.54. The smallest absolute Gasteiger partial charge is 0.241 e. The lowest BCUT2D eigenvalue weighted by Crippen LogP contribution is -2.50. The van der Waals surface area contributed by atoms with E-state index in [4.69, 9.17) is 4.74 Å². The molecule has 2 aliphatic heterocycles. The molecule has 4 rings (SSSR count). The van der Waals surface area contributed by atoms with Gasteiger partial charge in [0, 0.05) is 57.2 Å². The van der Waals surface area contributed by atoms with Crippen LogP contribution in [0, 0.1) is 0 Å². The first kappa shape index (κ1) is 18.9. The summed E-state index contributed by atoms with van der Waals surface area (Å²) < 4.78 is 5.21. The first-order chi connectivity index (χ1) is 13.7. The van der Waals surface area contributed by atoms with Crippen LogP contribution in [0.5, 0.6) is 5.88 Å². The number of methoxy groups -OCH3 is 1. The van der Waals surface area contributed by atoms with E-state index >= 15 is 0 Å². The molecule has 0 aliphatic carbocycles. The molecule has 1 aromatic heterocycles. The summed E-state index contributed by atoms with van der Waals surface area (Å²) >= 11 is 0. The number of anilines is 1. The van der Waals surface area contributed by atoms with Crippen molar-refractivity contribution in [3.8, 4) is 5.88 Å². The molecule has 148 valence electrons. The number of nitrogens with zero attached hydrogens (tertiary/aromatic N) is 4. The van der Waals surface area contributed by atoms with Crippen molar-refractivity contribution in [2.75, 3.05) is 51.3 Å². The van der Waals surface area contributed by atoms with Crippen molar-refractivity contribution in [2.45, 2.75) is 19.4 Å². The Kier molecular flexibility index (Phi) is 5.88. The Morgan fingerprint density at radius 1 is 1.07 bits per heavy atom. The molecule has 2 aromatic rings. The average molecular weight is 380 g/mol. The molecule has 6 heteroatoms. The number of benzene rings is 1. The number of carbonyl (C=O) groups excluding carboxylic acids is 1. The first-order valence-electron chi connectivity index (χ1n) is 10.0. The summed E-state index contributed by atoms with van der Waals surface area (Å²) in [7, 11) is 1.64. The van der Waals surface area contributed by atoms with Crippen molar-refractivity contribution in [1.29, 1.82) is 0 Å². The van der Waals surface area contributed by atoms with E-state index in [0.717, 1.165) is 57.8 Å². The third kappa shape index (κ3) is 4.34. The number of fused-ring (bicyclic) bond motifs is 1. The molecule has 3 heterocycles. The Balaban J connectivity index is 1.29. The molecule has 0 spiro atoms. The third-order valence-corrected chi connectivity index (χ3v) is 5.65. The van der Waals surface area contributed by atoms with Gasteiger partial charge >= 0.3 is 0 Å². The van der Waals surface area contributed by atoms with Crippen LogP contribution in [0.2, 0.25) is 0 Å². The molecule has 1 aromatic carbocycles. The molecule has 0 atom stereocenters. The molecule has 1 amide bonds. The highest BCUT2D eigenvalue weighted by atomic mass is 16.5. The van der Waals surface area contributed by atoms with E-state index in [1.807, 2.05) is 23.1 Å². The van der Waals surface area contributed by atoms with Gasteiger partial charge in [0.25, 0.3) is 0 Å². The molecule has 0 radical (unpaired) electrons. The Labute approximate surface area is 166 Å². The largest absolute Gasteiger partial charge is 0.481 e. The van der Waals surface area contributed by atoms with E-state index in [1.54, 1.807) is 13.3 Å². The lowest BCUT2D eigenvalue weighted by molar-refractivity contribution is -0.120. The Morgan fingerprint density at radius 3 is 2.68 bits per heavy atom. The van der Waals surface area contributed by atoms with Crippen LogP contribution in [-0.2, 0) is 17.8 Å². The topological polar surface area (TPSA) is 48.9 Å². The highest BCUT2D eigenvalue weighted by molar-refractivity contribution is 5.95. The highest BCUT2D eigenvalue weighted by Gasteiger charge is 2.25. The van der Waals surface area contributed by atoms with Gasteiger partial charge in [-0.05, 0) is 36.1 Å². The van der Waals surface area contributed by atoms with Crippen LogP contribution < -0.4 is 9.64 Å². The van der Waals surface area contributed by atoms with Gasteiger partial charge in [0.1, 0.15) is 0 Å². The molecule has 0 unspecified atom stereocenters. The number of aryl methyl sites for hydroxylation is 1. The number of carbonyl (C=O) groups is 1. The summed E-state index contributed by atoms with van der Waals surface area (Å²) in [6, 6.07) is 12.3. The number of piperazine rings is 1. The maximum atomic E-state index is 12.9. The number of ether oxygens (including phenoxy) is 1. The van der Waals surface area contributed by atoms with Gasteiger partial charge in [0.05, 0.1) is 13.7 Å². The van der Waals surface area contributed by atoms with E-state index in [1.165, 1.54) is 11.1 Å². The van der Waals surface area contributed by atoms with Crippen molar-refractivity contribution in [3.63, 3.8) is 0 Å². The van der Waals surface area contributed by atoms with Crippen LogP contribution in [0.1, 0.15) is 17.5 Å². The van der Waals surface area contributed by atoms with Gasteiger partial charge in [0.2, 0.25) is 11.8 Å². The number of pyridine rings is 1. The van der Waals surface area contributed by atoms with E-state index < -0.39 is 0 Å². The van der Waals surface area contributed by atoms with Crippen molar-refractivity contribution >= 4 is 11.6 Å². The molecule has 1 fully saturated rings.